The zero-order chi connectivity index (χ0) is 42.0. The van der Waals surface area contributed by atoms with Crippen LogP contribution in [0.4, 0.5) is 20.6 Å². The van der Waals surface area contributed by atoms with Crippen molar-refractivity contribution < 1.29 is 33.8 Å². The average Bonchev–Trinajstić information content (AvgIpc) is 3.78. The van der Waals surface area contributed by atoms with Crippen molar-refractivity contribution >= 4 is 61.9 Å². The molecule has 0 radical (unpaired) electrons. The van der Waals surface area contributed by atoms with Crippen LogP contribution in [0.15, 0.2) is 76.3 Å². The molecule has 2 aromatic heterocycles. The monoisotopic (exact) mass is 891 g/mol. The average molecular weight is 893 g/mol. The van der Waals surface area contributed by atoms with Crippen LogP contribution < -0.4 is 16.5 Å². The Bertz CT molecular complexity index is 2590. The standard InChI is InChI=1S/C40H40BrClFN9O7/c1-22(2)26-17-27(33(54)19-32(26)53)37-46-47-39(56)52(37)25-7-4-23(5-8-25)20-50-10-12-51(13-11-50)40(57)58-14-15-59-48-38(55)28-18-31-36(44-21-49(31)3)34(43)35(28)45-30-9-6-24(41)16-29(30)42/h4-9,16-19,21-22,45,53-54H,10-15,20H2,1-3H3,(H,47,56)(H,48,55). The fraction of sp³-hybridized carbons (Fsp3) is 0.275. The van der Waals surface area contributed by atoms with Gasteiger partial charge in [0, 0.05) is 50.3 Å². The van der Waals surface area contributed by atoms with Gasteiger partial charge in [-0.2, -0.15) is 5.10 Å². The highest BCUT2D eigenvalue weighted by Gasteiger charge is 2.25. The van der Waals surface area contributed by atoms with Gasteiger partial charge in [-0.25, -0.2) is 34.1 Å². The molecular weight excluding hydrogens is 853 g/mol. The number of rotatable bonds is 12. The topological polar surface area (TPSA) is 192 Å². The number of phenols is 2. The van der Waals surface area contributed by atoms with E-state index in [1.807, 2.05) is 26.0 Å². The molecule has 1 saturated heterocycles. The van der Waals surface area contributed by atoms with Crippen LogP contribution in [0.3, 0.4) is 0 Å². The lowest BCUT2D eigenvalue weighted by Crippen LogP contribution is -2.48. The highest BCUT2D eigenvalue weighted by Crippen LogP contribution is 2.38. The molecule has 0 saturated carbocycles. The lowest BCUT2D eigenvalue weighted by molar-refractivity contribution is 0.00504. The molecule has 0 atom stereocenters. The molecule has 308 valence electrons. The number of ether oxygens (including phenoxy) is 1. The number of benzene rings is 4. The van der Waals surface area contributed by atoms with Gasteiger partial charge in [-0.05, 0) is 59.5 Å². The molecule has 0 bridgehead atoms. The van der Waals surface area contributed by atoms with Crippen molar-refractivity contribution in [3.63, 3.8) is 0 Å². The largest absolute Gasteiger partial charge is 0.508 e. The molecular formula is C40H40BrClFN9O7. The molecule has 3 heterocycles. The van der Waals surface area contributed by atoms with E-state index in [2.05, 4.69) is 46.8 Å². The first kappa shape index (κ1) is 41.2. The van der Waals surface area contributed by atoms with E-state index >= 15 is 4.39 Å². The predicted molar refractivity (Wildman–Crippen MR) is 222 cm³/mol. The van der Waals surface area contributed by atoms with Crippen LogP contribution in [-0.4, -0.2) is 95.7 Å². The number of hydroxylamine groups is 1. The van der Waals surface area contributed by atoms with Crippen molar-refractivity contribution in [2.24, 2.45) is 7.05 Å². The number of aromatic nitrogens is 5. The number of nitrogens with zero attached hydrogens (tertiary/aromatic N) is 6. The number of anilines is 2. The summed E-state index contributed by atoms with van der Waals surface area (Å²) in [6.07, 6.45) is 0.920. The second-order valence-electron chi connectivity index (χ2n) is 14.2. The predicted octanol–water partition coefficient (Wildman–Crippen LogP) is 6.56. The van der Waals surface area contributed by atoms with Crippen LogP contribution in [0.25, 0.3) is 28.1 Å². The summed E-state index contributed by atoms with van der Waals surface area (Å²) < 4.78 is 24.8. The quantitative estimate of drug-likeness (QED) is 0.0660. The van der Waals surface area contributed by atoms with E-state index in [1.54, 1.807) is 52.9 Å². The molecule has 5 N–H and O–H groups in total. The van der Waals surface area contributed by atoms with Gasteiger partial charge in [-0.3, -0.25) is 14.5 Å². The zero-order valence-corrected chi connectivity index (χ0v) is 34.5. The van der Waals surface area contributed by atoms with Crippen LogP contribution in [0.1, 0.15) is 41.3 Å². The van der Waals surface area contributed by atoms with Crippen LogP contribution >= 0.6 is 27.5 Å². The minimum Gasteiger partial charge on any atom is -0.508 e. The highest BCUT2D eigenvalue weighted by atomic mass is 79.9. The number of halogens is 3. The van der Waals surface area contributed by atoms with Gasteiger partial charge >= 0.3 is 11.8 Å². The molecule has 2 amide bonds. The third kappa shape index (κ3) is 8.90. The summed E-state index contributed by atoms with van der Waals surface area (Å²) in [6.45, 7) is 6.16. The van der Waals surface area contributed by atoms with Crippen LogP contribution in [0, 0.1) is 5.82 Å². The van der Waals surface area contributed by atoms with Crippen molar-refractivity contribution in [1.82, 2.24) is 39.6 Å². The van der Waals surface area contributed by atoms with Gasteiger partial charge in [0.1, 0.15) is 30.2 Å². The lowest BCUT2D eigenvalue weighted by atomic mass is 9.98. The summed E-state index contributed by atoms with van der Waals surface area (Å²) in [6, 6.07) is 16.8. The second-order valence-corrected chi connectivity index (χ2v) is 15.5. The van der Waals surface area contributed by atoms with Gasteiger partial charge in [0.2, 0.25) is 0 Å². The maximum Gasteiger partial charge on any atom is 0.409 e. The minimum atomic E-state index is -0.744. The van der Waals surface area contributed by atoms with E-state index in [9.17, 15) is 24.6 Å². The molecule has 1 fully saturated rings. The smallest absolute Gasteiger partial charge is 0.409 e. The van der Waals surface area contributed by atoms with E-state index in [-0.39, 0.29) is 53.2 Å². The van der Waals surface area contributed by atoms with Crippen molar-refractivity contribution in [2.45, 2.75) is 26.3 Å². The Hall–Kier alpha value is -5.95. The van der Waals surface area contributed by atoms with Gasteiger partial charge in [-0.1, -0.05) is 53.5 Å². The number of aromatic hydroxyl groups is 2. The number of piperazine rings is 1. The van der Waals surface area contributed by atoms with E-state index in [0.717, 1.165) is 10.0 Å². The summed E-state index contributed by atoms with van der Waals surface area (Å²) in [5.74, 6) is -1.54. The summed E-state index contributed by atoms with van der Waals surface area (Å²) in [5, 5.41) is 30.7. The molecule has 0 spiro atoms. The van der Waals surface area contributed by atoms with Crippen LogP contribution in [0.2, 0.25) is 5.02 Å². The van der Waals surface area contributed by atoms with Crippen LogP contribution in [0.5, 0.6) is 11.5 Å². The molecule has 4 aromatic carbocycles. The third-order valence-corrected chi connectivity index (χ3v) is 10.7. The first-order valence-corrected chi connectivity index (χ1v) is 19.7. The van der Waals surface area contributed by atoms with E-state index in [0.29, 0.717) is 65.8 Å². The number of carbonyl (C=O) groups excluding carboxylic acids is 2. The van der Waals surface area contributed by atoms with Gasteiger partial charge in [-0.15, -0.1) is 0 Å². The van der Waals surface area contributed by atoms with E-state index in [1.165, 1.54) is 23.0 Å². The number of imidazole rings is 1. The summed E-state index contributed by atoms with van der Waals surface area (Å²) in [7, 11) is 1.68. The molecule has 6 aromatic rings. The number of carbonyl (C=O) groups is 2. The number of aryl methyl sites for hydroxylation is 1. The summed E-state index contributed by atoms with van der Waals surface area (Å²) in [4.78, 5) is 52.1. The molecule has 1 aliphatic heterocycles. The summed E-state index contributed by atoms with van der Waals surface area (Å²) >= 11 is 9.70. The van der Waals surface area contributed by atoms with Gasteiger partial charge in [0.05, 0.1) is 45.1 Å². The Balaban J connectivity index is 0.889. The van der Waals surface area contributed by atoms with Crippen molar-refractivity contribution in [3.05, 3.63) is 109 Å². The number of phenolic OH excluding ortho intramolecular Hbond substituents is 2. The highest BCUT2D eigenvalue weighted by molar-refractivity contribution is 9.10. The Morgan fingerprint density at radius 3 is 2.47 bits per heavy atom. The molecule has 0 aliphatic carbocycles. The molecule has 1 aliphatic rings. The molecule has 19 heteroatoms. The number of hydrogen-bond acceptors (Lipinski definition) is 11. The Labute approximate surface area is 350 Å². The minimum absolute atomic E-state index is 0.0276. The fourth-order valence-corrected chi connectivity index (χ4v) is 7.46. The fourth-order valence-electron chi connectivity index (χ4n) is 6.73. The van der Waals surface area contributed by atoms with Crippen molar-refractivity contribution in [2.75, 3.05) is 44.7 Å². The number of aromatic amines is 1. The first-order valence-electron chi connectivity index (χ1n) is 18.5. The molecule has 0 unspecified atom stereocenters. The van der Waals surface area contributed by atoms with Gasteiger partial charge in [0.15, 0.2) is 11.6 Å². The van der Waals surface area contributed by atoms with Gasteiger partial charge < -0.3 is 29.7 Å². The number of amides is 2. The van der Waals surface area contributed by atoms with E-state index < -0.39 is 23.5 Å². The number of hydrogen-bond donors (Lipinski definition) is 5. The maximum absolute atomic E-state index is 15.7. The molecule has 7 rings (SSSR count). The Morgan fingerprint density at radius 1 is 1.02 bits per heavy atom. The number of H-pyrrole nitrogens is 1. The normalized spacial score (nSPS) is 13.3. The Kier molecular flexibility index (Phi) is 12.2. The number of nitrogens with one attached hydrogen (secondary N) is 3. The number of fused-ring (bicyclic) bond motifs is 1. The van der Waals surface area contributed by atoms with Crippen LogP contribution in [-0.2, 0) is 23.2 Å². The molecule has 16 nitrogen and oxygen atoms in total. The first-order chi connectivity index (χ1) is 28.3. The lowest BCUT2D eigenvalue weighted by Gasteiger charge is -2.34. The van der Waals surface area contributed by atoms with Crippen molar-refractivity contribution in [3.8, 4) is 28.6 Å². The van der Waals surface area contributed by atoms with E-state index in [4.69, 9.17) is 21.2 Å². The second kappa shape index (κ2) is 17.5. The summed E-state index contributed by atoms with van der Waals surface area (Å²) in [5.41, 5.74) is 4.90. The van der Waals surface area contributed by atoms with Crippen molar-refractivity contribution in [1.29, 1.82) is 0 Å². The Morgan fingerprint density at radius 2 is 1.76 bits per heavy atom. The SMILES string of the molecule is CC(C)c1cc(-c2n[nH]c(=O)n2-c2ccc(CN3CCN(C(=O)OCCONC(=O)c4cc5c(ncn5C)c(F)c4Nc4ccc(Br)cc4Cl)CC3)cc2)c(O)cc1O. The zero-order valence-electron chi connectivity index (χ0n) is 32.1. The third-order valence-electron chi connectivity index (χ3n) is 9.88. The molecule has 59 heavy (non-hydrogen) atoms. The maximum atomic E-state index is 15.7. The van der Waals surface area contributed by atoms with Gasteiger partial charge in [0.25, 0.3) is 5.91 Å².